The minimum absolute atomic E-state index is 0.00874. The van der Waals surface area contributed by atoms with E-state index in [1.807, 2.05) is 6.92 Å². The maximum atomic E-state index is 11.5. The van der Waals surface area contributed by atoms with Crippen LogP contribution in [-0.2, 0) is 14.8 Å². The highest BCUT2D eigenvalue weighted by molar-refractivity contribution is 7.89. The number of carboxylic acid groups (broad SMARTS) is 1. The van der Waals surface area contributed by atoms with Crippen LogP contribution in [0.25, 0.3) is 0 Å². The molecule has 7 heteroatoms. The molecule has 0 radical (unpaired) electrons. The van der Waals surface area contributed by atoms with E-state index in [0.717, 1.165) is 0 Å². The number of carbonyl (C=O) groups is 1. The van der Waals surface area contributed by atoms with Gasteiger partial charge >= 0.3 is 5.97 Å². The van der Waals surface area contributed by atoms with Crippen molar-refractivity contribution in [3.8, 4) is 0 Å². The number of anilines is 1. The fourth-order valence-corrected chi connectivity index (χ4v) is 2.52. The summed E-state index contributed by atoms with van der Waals surface area (Å²) in [6, 6.07) is 6.31. The maximum absolute atomic E-state index is 11.5. The summed E-state index contributed by atoms with van der Waals surface area (Å²) in [5.41, 5.74) is 0.431. The van der Waals surface area contributed by atoms with E-state index in [1.54, 1.807) is 30.0 Å². The van der Waals surface area contributed by atoms with Gasteiger partial charge in [0.2, 0.25) is 10.0 Å². The highest BCUT2D eigenvalue weighted by Gasteiger charge is 2.21. The van der Waals surface area contributed by atoms with Gasteiger partial charge in [-0.2, -0.15) is 0 Å². The fraction of sp³-hybridized carbons (Fsp3) is 0.417. The predicted octanol–water partition coefficient (Wildman–Crippen LogP) is 0.881. The van der Waals surface area contributed by atoms with Crippen LogP contribution in [0.2, 0.25) is 0 Å². The van der Waals surface area contributed by atoms with Crippen molar-refractivity contribution in [2.75, 3.05) is 18.0 Å². The molecule has 6 nitrogen and oxygen atoms in total. The Hall–Kier alpha value is -1.60. The molecule has 1 unspecified atom stereocenters. The predicted molar refractivity (Wildman–Crippen MR) is 72.5 cm³/mol. The van der Waals surface area contributed by atoms with E-state index >= 15 is 0 Å². The SMILES string of the molecule is CCN(CC(C)C(=O)O)c1ccccc1S(N)(=O)=O. The fourth-order valence-electron chi connectivity index (χ4n) is 1.77. The molecule has 1 aromatic carbocycles. The third-order valence-corrected chi connectivity index (χ3v) is 3.77. The molecule has 0 saturated carbocycles. The molecule has 0 aliphatic rings. The molecule has 0 aromatic heterocycles. The standard InChI is InChI=1S/C12H18N2O4S/c1-3-14(8-9(2)12(15)16)10-6-4-5-7-11(10)19(13,17)18/h4-7,9H,3,8H2,1-2H3,(H,15,16)(H2,13,17,18). The number of hydrogen-bond acceptors (Lipinski definition) is 4. The van der Waals surface area contributed by atoms with Gasteiger partial charge in [-0.15, -0.1) is 0 Å². The van der Waals surface area contributed by atoms with Gasteiger partial charge in [0.1, 0.15) is 4.90 Å². The minimum Gasteiger partial charge on any atom is -0.481 e. The van der Waals surface area contributed by atoms with E-state index < -0.39 is 21.9 Å². The zero-order valence-electron chi connectivity index (χ0n) is 10.9. The maximum Gasteiger partial charge on any atom is 0.308 e. The first-order chi connectivity index (χ1) is 8.77. The number of nitrogens with two attached hydrogens (primary N) is 1. The van der Waals surface area contributed by atoms with Crippen molar-refractivity contribution in [3.63, 3.8) is 0 Å². The van der Waals surface area contributed by atoms with E-state index in [1.165, 1.54) is 6.07 Å². The third kappa shape index (κ3) is 3.93. The van der Waals surface area contributed by atoms with Gasteiger partial charge in [0.05, 0.1) is 11.6 Å². The molecule has 0 spiro atoms. The van der Waals surface area contributed by atoms with Gasteiger partial charge in [-0.3, -0.25) is 4.79 Å². The monoisotopic (exact) mass is 286 g/mol. The number of primary sulfonamides is 1. The number of nitrogens with zero attached hydrogens (tertiary/aromatic N) is 1. The van der Waals surface area contributed by atoms with Crippen LogP contribution in [0.15, 0.2) is 29.2 Å². The molecule has 0 amide bonds. The van der Waals surface area contributed by atoms with E-state index in [4.69, 9.17) is 10.2 Å². The smallest absolute Gasteiger partial charge is 0.308 e. The number of sulfonamides is 1. The lowest BCUT2D eigenvalue weighted by Gasteiger charge is -2.26. The molecular weight excluding hydrogens is 268 g/mol. The second kappa shape index (κ2) is 6.03. The first kappa shape index (κ1) is 15.5. The lowest BCUT2D eigenvalue weighted by molar-refractivity contribution is -0.140. The molecule has 0 aliphatic heterocycles. The summed E-state index contributed by atoms with van der Waals surface area (Å²) in [7, 11) is -3.83. The summed E-state index contributed by atoms with van der Waals surface area (Å²) in [4.78, 5) is 12.6. The molecule has 3 N–H and O–H groups in total. The van der Waals surface area contributed by atoms with Crippen molar-refractivity contribution in [3.05, 3.63) is 24.3 Å². The second-order valence-corrected chi connectivity index (χ2v) is 5.82. The first-order valence-electron chi connectivity index (χ1n) is 5.87. The molecule has 0 saturated heterocycles. The first-order valence-corrected chi connectivity index (χ1v) is 7.41. The molecule has 1 rings (SSSR count). The van der Waals surface area contributed by atoms with Crippen molar-refractivity contribution in [1.82, 2.24) is 0 Å². The molecule has 0 heterocycles. The van der Waals surface area contributed by atoms with Gasteiger partial charge in [0.25, 0.3) is 0 Å². The lowest BCUT2D eigenvalue weighted by atomic mass is 10.1. The van der Waals surface area contributed by atoms with Gasteiger partial charge in [-0.1, -0.05) is 19.1 Å². The average Bonchev–Trinajstić information content (AvgIpc) is 2.34. The Bertz CT molecular complexity index is 557. The number of para-hydroxylation sites is 1. The zero-order valence-corrected chi connectivity index (χ0v) is 11.7. The topological polar surface area (TPSA) is 101 Å². The van der Waals surface area contributed by atoms with Gasteiger partial charge in [-0.25, -0.2) is 13.6 Å². The summed E-state index contributed by atoms with van der Waals surface area (Å²) in [5.74, 6) is -1.53. The van der Waals surface area contributed by atoms with Crippen LogP contribution in [0, 0.1) is 5.92 Å². The summed E-state index contributed by atoms with van der Waals surface area (Å²) < 4.78 is 23.1. The van der Waals surface area contributed by atoms with Crippen molar-refractivity contribution in [2.24, 2.45) is 11.1 Å². The number of benzene rings is 1. The molecule has 0 aliphatic carbocycles. The van der Waals surface area contributed by atoms with Crippen molar-refractivity contribution < 1.29 is 18.3 Å². The second-order valence-electron chi connectivity index (χ2n) is 4.29. The summed E-state index contributed by atoms with van der Waals surface area (Å²) in [5, 5.41) is 14.1. The Morgan fingerprint density at radius 2 is 2.00 bits per heavy atom. The molecule has 1 atom stereocenters. The van der Waals surface area contributed by atoms with Gasteiger partial charge < -0.3 is 10.0 Å². The lowest BCUT2D eigenvalue weighted by Crippen LogP contribution is -2.33. The Morgan fingerprint density at radius 3 is 2.47 bits per heavy atom. The Morgan fingerprint density at radius 1 is 1.42 bits per heavy atom. The van der Waals surface area contributed by atoms with E-state index in [0.29, 0.717) is 12.2 Å². The molecule has 0 fully saturated rings. The largest absolute Gasteiger partial charge is 0.481 e. The van der Waals surface area contributed by atoms with Crippen LogP contribution in [0.5, 0.6) is 0 Å². The highest BCUT2D eigenvalue weighted by atomic mass is 32.2. The van der Waals surface area contributed by atoms with Gasteiger partial charge in [0.15, 0.2) is 0 Å². The molecule has 1 aromatic rings. The number of hydrogen-bond donors (Lipinski definition) is 2. The molecular formula is C12H18N2O4S. The van der Waals surface area contributed by atoms with Crippen molar-refractivity contribution >= 4 is 21.7 Å². The van der Waals surface area contributed by atoms with E-state index in [2.05, 4.69) is 0 Å². The Kier molecular flexibility index (Phi) is 4.90. The molecule has 106 valence electrons. The van der Waals surface area contributed by atoms with Crippen LogP contribution >= 0.6 is 0 Å². The van der Waals surface area contributed by atoms with Crippen molar-refractivity contribution in [2.45, 2.75) is 18.7 Å². The number of carboxylic acids is 1. The van der Waals surface area contributed by atoms with E-state index in [-0.39, 0.29) is 11.4 Å². The normalized spacial score (nSPS) is 13.0. The summed E-state index contributed by atoms with van der Waals surface area (Å²) in [6.45, 7) is 4.11. The van der Waals surface area contributed by atoms with Gasteiger partial charge in [-0.05, 0) is 19.1 Å². The van der Waals surface area contributed by atoms with Crippen LogP contribution < -0.4 is 10.0 Å². The summed E-state index contributed by atoms with van der Waals surface area (Å²) >= 11 is 0. The number of aliphatic carboxylic acids is 1. The van der Waals surface area contributed by atoms with E-state index in [9.17, 15) is 13.2 Å². The molecule has 0 bridgehead atoms. The Labute approximate surface area is 112 Å². The van der Waals surface area contributed by atoms with Crippen molar-refractivity contribution in [1.29, 1.82) is 0 Å². The van der Waals surface area contributed by atoms with Crippen LogP contribution in [0.1, 0.15) is 13.8 Å². The highest BCUT2D eigenvalue weighted by Crippen LogP contribution is 2.24. The van der Waals surface area contributed by atoms with Gasteiger partial charge in [0, 0.05) is 13.1 Å². The molecule has 19 heavy (non-hydrogen) atoms. The van der Waals surface area contributed by atoms with Crippen LogP contribution in [0.4, 0.5) is 5.69 Å². The van der Waals surface area contributed by atoms with Crippen LogP contribution in [-0.4, -0.2) is 32.6 Å². The quantitative estimate of drug-likeness (QED) is 0.808. The van der Waals surface area contributed by atoms with Crippen LogP contribution in [0.3, 0.4) is 0 Å². The zero-order chi connectivity index (χ0) is 14.6. The minimum atomic E-state index is -3.83. The third-order valence-electron chi connectivity index (χ3n) is 2.81. The number of rotatable bonds is 6. The Balaban J connectivity index is 3.16. The summed E-state index contributed by atoms with van der Waals surface area (Å²) in [6.07, 6.45) is 0. The average molecular weight is 286 g/mol.